The van der Waals surface area contributed by atoms with E-state index in [4.69, 9.17) is 0 Å². The zero-order valence-electron chi connectivity index (χ0n) is 8.55. The van der Waals surface area contributed by atoms with Crippen LogP contribution in [0, 0.1) is 0 Å². The maximum absolute atomic E-state index is 12.0. The number of rotatable bonds is 2. The molecular weight excluding hydrogens is 226 g/mol. The van der Waals surface area contributed by atoms with Crippen molar-refractivity contribution in [3.63, 3.8) is 0 Å². The van der Waals surface area contributed by atoms with E-state index in [2.05, 4.69) is 21.7 Å². The Morgan fingerprint density at radius 1 is 1.47 bits per heavy atom. The minimum absolute atomic E-state index is 0.135. The zero-order valence-corrected chi connectivity index (χ0v) is 10.2. The molecule has 15 heavy (non-hydrogen) atoms. The Bertz CT molecular complexity index is 372. The summed E-state index contributed by atoms with van der Waals surface area (Å²) in [5.41, 5.74) is 1.30. The highest BCUT2D eigenvalue weighted by atomic mass is 32.2. The van der Waals surface area contributed by atoms with Crippen LogP contribution in [-0.2, 0) is 4.79 Å². The molecular formula is C11H13NOS2. The maximum Gasteiger partial charge on any atom is 0.236 e. The monoisotopic (exact) mass is 239 g/mol. The number of hydrogen-bond acceptors (Lipinski definition) is 3. The number of carbonyl (C=O) groups is 1. The second-order valence-electron chi connectivity index (χ2n) is 4.16. The molecule has 1 saturated carbocycles. The van der Waals surface area contributed by atoms with E-state index in [0.717, 1.165) is 0 Å². The SMILES string of the molecule is CC1SC(c2ccsc2)N(C2CC2)C1=O. The molecule has 2 heterocycles. The lowest BCUT2D eigenvalue weighted by Crippen LogP contribution is -2.32. The maximum atomic E-state index is 12.0. The van der Waals surface area contributed by atoms with Crippen molar-refractivity contribution < 1.29 is 4.79 Å². The molecule has 1 aromatic heterocycles. The molecule has 0 bridgehead atoms. The van der Waals surface area contributed by atoms with Gasteiger partial charge in [0.15, 0.2) is 0 Å². The highest BCUT2D eigenvalue weighted by molar-refractivity contribution is 8.01. The van der Waals surface area contributed by atoms with Gasteiger partial charge in [-0.25, -0.2) is 0 Å². The van der Waals surface area contributed by atoms with E-state index >= 15 is 0 Å². The fourth-order valence-electron chi connectivity index (χ4n) is 2.02. The van der Waals surface area contributed by atoms with E-state index in [9.17, 15) is 4.79 Å². The van der Waals surface area contributed by atoms with Gasteiger partial charge in [0.05, 0.1) is 5.25 Å². The third-order valence-corrected chi connectivity index (χ3v) is 5.02. The Balaban J connectivity index is 1.91. The summed E-state index contributed by atoms with van der Waals surface area (Å²) in [5.74, 6) is 0.332. The second-order valence-corrected chi connectivity index (χ2v) is 6.37. The highest BCUT2D eigenvalue weighted by Gasteiger charge is 2.45. The summed E-state index contributed by atoms with van der Waals surface area (Å²) < 4.78 is 0. The molecule has 1 saturated heterocycles. The molecule has 4 heteroatoms. The van der Waals surface area contributed by atoms with Crippen LogP contribution in [0.2, 0.25) is 0 Å². The zero-order chi connectivity index (χ0) is 10.4. The van der Waals surface area contributed by atoms with Gasteiger partial charge in [0.2, 0.25) is 5.91 Å². The molecule has 2 fully saturated rings. The summed E-state index contributed by atoms with van der Waals surface area (Å²) in [5, 5.41) is 4.68. The van der Waals surface area contributed by atoms with Gasteiger partial charge < -0.3 is 4.90 Å². The van der Waals surface area contributed by atoms with E-state index in [1.54, 1.807) is 23.1 Å². The molecule has 1 aliphatic heterocycles. The predicted octanol–water partition coefficient (Wildman–Crippen LogP) is 2.87. The van der Waals surface area contributed by atoms with Gasteiger partial charge in [-0.3, -0.25) is 4.79 Å². The van der Waals surface area contributed by atoms with E-state index in [1.165, 1.54) is 18.4 Å². The number of amides is 1. The fraction of sp³-hybridized carbons (Fsp3) is 0.545. The molecule has 1 aromatic rings. The molecule has 0 N–H and O–H groups in total. The first kappa shape index (κ1) is 9.73. The minimum atomic E-state index is 0.135. The van der Waals surface area contributed by atoms with Crippen molar-refractivity contribution in [1.82, 2.24) is 4.90 Å². The topological polar surface area (TPSA) is 20.3 Å². The van der Waals surface area contributed by atoms with Crippen LogP contribution in [0.3, 0.4) is 0 Å². The summed E-state index contributed by atoms with van der Waals surface area (Å²) in [6.45, 7) is 2.02. The van der Waals surface area contributed by atoms with E-state index in [0.29, 0.717) is 11.9 Å². The molecule has 0 radical (unpaired) electrons. The van der Waals surface area contributed by atoms with Crippen molar-refractivity contribution >= 4 is 29.0 Å². The Hall–Kier alpha value is -0.480. The Labute approximate surface area is 97.7 Å². The van der Waals surface area contributed by atoms with E-state index in [1.807, 2.05) is 6.92 Å². The van der Waals surface area contributed by atoms with Crippen molar-refractivity contribution in [3.05, 3.63) is 22.4 Å². The highest BCUT2D eigenvalue weighted by Crippen LogP contribution is 2.48. The minimum Gasteiger partial charge on any atom is -0.323 e. The van der Waals surface area contributed by atoms with Gasteiger partial charge in [0.1, 0.15) is 5.37 Å². The fourth-order valence-corrected chi connectivity index (χ4v) is 4.12. The van der Waals surface area contributed by atoms with Crippen LogP contribution in [0.5, 0.6) is 0 Å². The number of thiophene rings is 1. The average molecular weight is 239 g/mol. The molecule has 2 atom stereocenters. The van der Waals surface area contributed by atoms with Crippen molar-refractivity contribution in [1.29, 1.82) is 0 Å². The molecule has 2 nitrogen and oxygen atoms in total. The quantitative estimate of drug-likeness (QED) is 0.791. The van der Waals surface area contributed by atoms with Crippen LogP contribution < -0.4 is 0 Å². The molecule has 2 aliphatic rings. The standard InChI is InChI=1S/C11H13NOS2/c1-7-10(13)12(9-2-3-9)11(15-7)8-4-5-14-6-8/h4-7,9,11H,2-3H2,1H3. The molecule has 80 valence electrons. The first-order valence-corrected chi connectivity index (χ1v) is 7.15. The van der Waals surface area contributed by atoms with Crippen LogP contribution in [0.25, 0.3) is 0 Å². The lowest BCUT2D eigenvalue weighted by Gasteiger charge is -2.22. The lowest BCUT2D eigenvalue weighted by molar-refractivity contribution is -0.130. The van der Waals surface area contributed by atoms with Crippen molar-refractivity contribution in [2.24, 2.45) is 0 Å². The molecule has 0 aromatic carbocycles. The lowest BCUT2D eigenvalue weighted by atomic mass is 10.3. The molecule has 1 amide bonds. The van der Waals surface area contributed by atoms with Gasteiger partial charge in [-0.2, -0.15) is 11.3 Å². The Kier molecular flexibility index (Phi) is 2.29. The Morgan fingerprint density at radius 2 is 2.27 bits per heavy atom. The third kappa shape index (κ3) is 1.60. The largest absolute Gasteiger partial charge is 0.323 e. The summed E-state index contributed by atoms with van der Waals surface area (Å²) in [4.78, 5) is 14.1. The second kappa shape index (κ2) is 3.52. The summed E-state index contributed by atoms with van der Waals surface area (Å²) >= 11 is 3.50. The first-order valence-electron chi connectivity index (χ1n) is 5.27. The van der Waals surface area contributed by atoms with E-state index in [-0.39, 0.29) is 10.6 Å². The average Bonchev–Trinajstić information content (AvgIpc) is 2.82. The third-order valence-electron chi connectivity index (χ3n) is 2.96. The van der Waals surface area contributed by atoms with Gasteiger partial charge in [-0.15, -0.1) is 11.8 Å². The van der Waals surface area contributed by atoms with Crippen LogP contribution >= 0.6 is 23.1 Å². The smallest absolute Gasteiger partial charge is 0.236 e. The van der Waals surface area contributed by atoms with Crippen LogP contribution in [0.1, 0.15) is 30.7 Å². The van der Waals surface area contributed by atoms with Crippen molar-refractivity contribution in [3.8, 4) is 0 Å². The molecule has 1 aliphatic carbocycles. The van der Waals surface area contributed by atoms with Crippen LogP contribution in [0.4, 0.5) is 0 Å². The van der Waals surface area contributed by atoms with Gasteiger partial charge in [-0.05, 0) is 42.2 Å². The van der Waals surface area contributed by atoms with E-state index < -0.39 is 0 Å². The molecule has 0 spiro atoms. The number of thioether (sulfide) groups is 1. The normalized spacial score (nSPS) is 31.3. The van der Waals surface area contributed by atoms with Gasteiger partial charge in [0, 0.05) is 6.04 Å². The molecule has 2 unspecified atom stereocenters. The first-order chi connectivity index (χ1) is 7.27. The van der Waals surface area contributed by atoms with Crippen molar-refractivity contribution in [2.45, 2.75) is 36.4 Å². The van der Waals surface area contributed by atoms with Crippen molar-refractivity contribution in [2.75, 3.05) is 0 Å². The van der Waals surface area contributed by atoms with Gasteiger partial charge in [0.25, 0.3) is 0 Å². The summed E-state index contributed by atoms with van der Waals surface area (Å²) in [6.07, 6.45) is 2.39. The number of hydrogen-bond donors (Lipinski definition) is 0. The summed E-state index contributed by atoms with van der Waals surface area (Å²) in [6, 6.07) is 2.67. The number of carbonyl (C=O) groups excluding carboxylic acids is 1. The Morgan fingerprint density at radius 3 is 2.87 bits per heavy atom. The van der Waals surface area contributed by atoms with Crippen LogP contribution in [-0.4, -0.2) is 22.1 Å². The van der Waals surface area contributed by atoms with Gasteiger partial charge in [-0.1, -0.05) is 0 Å². The van der Waals surface area contributed by atoms with Gasteiger partial charge >= 0.3 is 0 Å². The summed E-state index contributed by atoms with van der Waals surface area (Å²) in [7, 11) is 0. The molecule has 3 rings (SSSR count). The number of nitrogens with zero attached hydrogens (tertiary/aromatic N) is 1. The van der Waals surface area contributed by atoms with Crippen LogP contribution in [0.15, 0.2) is 16.8 Å². The predicted molar refractivity (Wildman–Crippen MR) is 64.0 cm³/mol.